The highest BCUT2D eigenvalue weighted by molar-refractivity contribution is 5.87. The molecule has 0 heterocycles. The van der Waals surface area contributed by atoms with Crippen LogP contribution in [0.2, 0.25) is 0 Å². The molecule has 0 unspecified atom stereocenters. The smallest absolute Gasteiger partial charge is 0.177 e. The van der Waals surface area contributed by atoms with Crippen LogP contribution in [-0.2, 0) is 0 Å². The van der Waals surface area contributed by atoms with Gasteiger partial charge in [-0.2, -0.15) is 0 Å². The van der Waals surface area contributed by atoms with Gasteiger partial charge in [-0.25, -0.2) is 4.58 Å². The molecule has 0 aromatic rings. The van der Waals surface area contributed by atoms with Crippen molar-refractivity contribution >= 4 is 5.71 Å². The monoisotopic (exact) mass is 170 g/mol. The average molecular weight is 170 g/mol. The molecule has 0 aliphatic carbocycles. The fourth-order valence-electron chi connectivity index (χ4n) is 0.288. The van der Waals surface area contributed by atoms with Crippen molar-refractivity contribution in [3.05, 3.63) is 25.4 Å². The van der Waals surface area contributed by atoms with Crippen LogP contribution >= 0.6 is 0 Å². The van der Waals surface area contributed by atoms with Gasteiger partial charge in [0.15, 0.2) is 11.9 Å². The van der Waals surface area contributed by atoms with E-state index in [-0.39, 0.29) is 0 Å². The van der Waals surface area contributed by atoms with E-state index in [0.717, 1.165) is 5.71 Å². The van der Waals surface area contributed by atoms with E-state index in [1.807, 2.05) is 46.2 Å². The van der Waals surface area contributed by atoms with Gasteiger partial charge < -0.3 is 0 Å². The Balaban J connectivity index is -0.000000175. The summed E-state index contributed by atoms with van der Waals surface area (Å²) in [7, 11) is 1.93. The second-order valence-corrected chi connectivity index (χ2v) is 1.64. The first-order valence-corrected chi connectivity index (χ1v) is 4.53. The van der Waals surface area contributed by atoms with E-state index in [2.05, 4.69) is 13.2 Å². The van der Waals surface area contributed by atoms with Crippen molar-refractivity contribution < 1.29 is 4.58 Å². The first-order valence-electron chi connectivity index (χ1n) is 4.53. The molecule has 0 fully saturated rings. The summed E-state index contributed by atoms with van der Waals surface area (Å²) in [6.07, 6.45) is 3.54. The number of allylic oxidation sites excluding steroid dienone is 1. The van der Waals surface area contributed by atoms with Crippen molar-refractivity contribution in [2.75, 3.05) is 7.05 Å². The van der Waals surface area contributed by atoms with E-state index in [9.17, 15) is 0 Å². The molecule has 0 bridgehead atoms. The summed E-state index contributed by atoms with van der Waals surface area (Å²) in [6.45, 7) is 17.2. The predicted molar refractivity (Wildman–Crippen MR) is 60.0 cm³/mol. The highest BCUT2D eigenvalue weighted by Crippen LogP contribution is 1.75. The Morgan fingerprint density at radius 1 is 1.08 bits per heavy atom. The Kier molecular flexibility index (Phi) is 24.0. The third kappa shape index (κ3) is 11.9. The van der Waals surface area contributed by atoms with Gasteiger partial charge in [0.05, 0.1) is 0 Å². The molecule has 0 rings (SSSR count). The molecule has 1 nitrogen and oxygen atoms in total. The largest absolute Gasteiger partial charge is 0.206 e. The van der Waals surface area contributed by atoms with Crippen molar-refractivity contribution in [2.45, 2.75) is 34.6 Å². The first-order chi connectivity index (χ1) is 5.72. The van der Waals surface area contributed by atoms with Gasteiger partial charge in [-0.1, -0.05) is 34.3 Å². The molecule has 12 heavy (non-hydrogen) atoms. The maximum atomic E-state index is 3.60. The normalized spacial score (nSPS) is 9.17. The van der Waals surface area contributed by atoms with Crippen LogP contribution in [0.15, 0.2) is 25.4 Å². The van der Waals surface area contributed by atoms with Crippen LogP contribution in [-0.4, -0.2) is 17.3 Å². The highest BCUT2D eigenvalue weighted by Gasteiger charge is 1.90. The van der Waals surface area contributed by atoms with Crippen molar-refractivity contribution in [1.29, 1.82) is 0 Å². The molecule has 0 aliphatic rings. The molecule has 0 atom stereocenters. The maximum absolute atomic E-state index is 3.60. The van der Waals surface area contributed by atoms with Gasteiger partial charge in [0.1, 0.15) is 7.05 Å². The molecule has 0 spiro atoms. The van der Waals surface area contributed by atoms with Crippen molar-refractivity contribution in [3.63, 3.8) is 0 Å². The Morgan fingerprint density at radius 2 is 1.42 bits per heavy atom. The summed E-state index contributed by atoms with van der Waals surface area (Å²) >= 11 is 0. The third-order valence-electron chi connectivity index (χ3n) is 1.13. The zero-order valence-corrected chi connectivity index (χ0v) is 9.52. The van der Waals surface area contributed by atoms with Crippen LogP contribution in [0.25, 0.3) is 0 Å². The quantitative estimate of drug-likeness (QED) is 0.441. The van der Waals surface area contributed by atoms with Crippen molar-refractivity contribution in [1.82, 2.24) is 0 Å². The number of nitrogens with zero attached hydrogens (tertiary/aromatic N) is 1. The number of rotatable bonds is 2. The minimum Gasteiger partial charge on any atom is -0.206 e. The molecule has 0 aromatic heterocycles. The van der Waals surface area contributed by atoms with Crippen LogP contribution < -0.4 is 0 Å². The second-order valence-electron chi connectivity index (χ2n) is 1.64. The molecule has 1 heteroatoms. The molecule has 0 saturated heterocycles. The van der Waals surface area contributed by atoms with E-state index in [1.165, 1.54) is 0 Å². The molecule has 72 valence electrons. The topological polar surface area (TPSA) is 3.01 Å². The molecule has 0 amide bonds. The van der Waals surface area contributed by atoms with Gasteiger partial charge in [0.2, 0.25) is 0 Å². The maximum Gasteiger partial charge on any atom is 0.177 e. The Labute approximate surface area is 78.1 Å². The standard InChI is InChI=1S/C7H12N.2C2H6/c1-5-7(3)8(4)6-2;2*1-2/h5-6H,1-2H2,3-4H3;2*1-2H3/q+1;;. The predicted octanol–water partition coefficient (Wildman–Crippen LogP) is 3.47. The minimum absolute atomic E-state index is 1.11. The summed E-state index contributed by atoms with van der Waals surface area (Å²) in [6, 6.07) is 0. The van der Waals surface area contributed by atoms with Gasteiger partial charge >= 0.3 is 0 Å². The zero-order chi connectivity index (χ0) is 10.6. The van der Waals surface area contributed by atoms with E-state index < -0.39 is 0 Å². The lowest BCUT2D eigenvalue weighted by Gasteiger charge is -1.86. The molecule has 0 saturated carbocycles. The summed E-state index contributed by atoms with van der Waals surface area (Å²) in [5, 5.41) is 0. The Morgan fingerprint density at radius 3 is 1.50 bits per heavy atom. The van der Waals surface area contributed by atoms with Crippen LogP contribution in [0.4, 0.5) is 0 Å². The molecule has 0 N–H and O–H groups in total. The molecular formula is C11H24N+. The lowest BCUT2D eigenvalue weighted by Crippen LogP contribution is -2.03. The Hall–Kier alpha value is -0.850. The zero-order valence-electron chi connectivity index (χ0n) is 9.52. The SMILES string of the molecule is C=CC(C)=[N+](C)C=C.CC.CC. The fraction of sp³-hybridized carbons (Fsp3) is 0.545. The van der Waals surface area contributed by atoms with Gasteiger partial charge in [-0.3, -0.25) is 0 Å². The van der Waals surface area contributed by atoms with Crippen LogP contribution in [0.3, 0.4) is 0 Å². The average Bonchev–Trinajstić information content (AvgIpc) is 2.21. The summed E-state index contributed by atoms with van der Waals surface area (Å²) < 4.78 is 1.91. The van der Waals surface area contributed by atoms with E-state index in [1.54, 1.807) is 12.3 Å². The highest BCUT2D eigenvalue weighted by atomic mass is 14.9. The summed E-state index contributed by atoms with van der Waals surface area (Å²) in [4.78, 5) is 0. The van der Waals surface area contributed by atoms with E-state index in [0.29, 0.717) is 0 Å². The van der Waals surface area contributed by atoms with Crippen molar-refractivity contribution in [2.24, 2.45) is 0 Å². The molecule has 0 aromatic carbocycles. The second kappa shape index (κ2) is 16.6. The number of hydrogen-bond donors (Lipinski definition) is 0. The summed E-state index contributed by atoms with van der Waals surface area (Å²) in [5.74, 6) is 0. The summed E-state index contributed by atoms with van der Waals surface area (Å²) in [5.41, 5.74) is 1.11. The van der Waals surface area contributed by atoms with Gasteiger partial charge in [-0.15, -0.1) is 0 Å². The lowest BCUT2D eigenvalue weighted by atomic mass is 10.4. The van der Waals surface area contributed by atoms with E-state index in [4.69, 9.17) is 0 Å². The number of hydrogen-bond acceptors (Lipinski definition) is 0. The van der Waals surface area contributed by atoms with Crippen molar-refractivity contribution in [3.8, 4) is 0 Å². The van der Waals surface area contributed by atoms with E-state index >= 15 is 0 Å². The lowest BCUT2D eigenvalue weighted by molar-refractivity contribution is -0.421. The molecule has 0 aliphatic heterocycles. The van der Waals surface area contributed by atoms with Gasteiger partial charge in [0, 0.05) is 6.92 Å². The van der Waals surface area contributed by atoms with Crippen LogP contribution in [0.5, 0.6) is 0 Å². The van der Waals surface area contributed by atoms with Crippen LogP contribution in [0.1, 0.15) is 34.6 Å². The molecule has 0 radical (unpaired) electrons. The molecular weight excluding hydrogens is 146 g/mol. The van der Waals surface area contributed by atoms with Gasteiger partial charge in [0.25, 0.3) is 0 Å². The minimum atomic E-state index is 1.11. The fourth-order valence-corrected chi connectivity index (χ4v) is 0.288. The van der Waals surface area contributed by atoms with Crippen LogP contribution in [0, 0.1) is 0 Å². The third-order valence-corrected chi connectivity index (χ3v) is 1.13. The Bertz CT molecular complexity index is 116. The van der Waals surface area contributed by atoms with Gasteiger partial charge in [-0.05, 0) is 12.7 Å². The first kappa shape index (κ1) is 17.3.